The van der Waals surface area contributed by atoms with Crippen molar-refractivity contribution in [3.8, 4) is 11.1 Å². The Morgan fingerprint density at radius 2 is 1.86 bits per heavy atom. The molecule has 0 radical (unpaired) electrons. The molecule has 1 heterocycles. The Kier molecular flexibility index (Phi) is 3.78. The quantitative estimate of drug-likeness (QED) is 0.618. The minimum absolute atomic E-state index is 0.182. The summed E-state index contributed by atoms with van der Waals surface area (Å²) in [5.41, 5.74) is -0.749. The number of anilines is 1. The number of aromatic amines is 1. The zero-order valence-electron chi connectivity index (χ0n) is 10.9. The Balaban J connectivity index is 2.99. The van der Waals surface area contributed by atoms with E-state index in [1.807, 2.05) is 0 Å². The summed E-state index contributed by atoms with van der Waals surface area (Å²) >= 11 is 5.57. The molecule has 1 aromatic heterocycles. The lowest BCUT2D eigenvalue weighted by atomic mass is 10.0. The lowest BCUT2D eigenvalue weighted by Gasteiger charge is -2.16. The smallest absolute Gasteiger partial charge is 0.398 e. The molecular weight excluding hydrogens is 330 g/mol. The Morgan fingerprint density at radius 1 is 1.27 bits per heavy atom. The molecule has 0 bridgehead atoms. The van der Waals surface area contributed by atoms with Gasteiger partial charge in [0, 0.05) is 12.6 Å². The van der Waals surface area contributed by atoms with E-state index >= 15 is 0 Å². The first-order valence-electron chi connectivity index (χ1n) is 5.69. The molecular formula is C12H8ClF4N3O2. The molecule has 0 aliphatic carbocycles. The van der Waals surface area contributed by atoms with Crippen LogP contribution in [0, 0.1) is 5.82 Å². The van der Waals surface area contributed by atoms with Crippen LogP contribution in [-0.2, 0) is 13.2 Å². The van der Waals surface area contributed by atoms with Crippen LogP contribution in [0.3, 0.4) is 0 Å². The predicted molar refractivity (Wildman–Crippen MR) is 72.1 cm³/mol. The number of alkyl halides is 3. The number of benzene rings is 1. The first-order valence-corrected chi connectivity index (χ1v) is 6.07. The summed E-state index contributed by atoms with van der Waals surface area (Å²) in [7, 11) is 0.807. The molecule has 2 rings (SSSR count). The number of hydrogen-bond acceptors (Lipinski definition) is 3. The molecule has 0 atom stereocenters. The fourth-order valence-electron chi connectivity index (χ4n) is 1.96. The maximum Gasteiger partial charge on any atom is 0.432 e. The SMILES string of the molecule is Cn1c(C(F)(F)F)c(-c2cc(N)c(Cl)cc2F)c(=O)[nH]c1=O. The van der Waals surface area contributed by atoms with Crippen molar-refractivity contribution >= 4 is 17.3 Å². The van der Waals surface area contributed by atoms with E-state index in [1.54, 1.807) is 4.98 Å². The number of nitrogens with two attached hydrogens (primary N) is 1. The predicted octanol–water partition coefficient (Wildman–Crippen LogP) is 2.13. The van der Waals surface area contributed by atoms with E-state index in [4.69, 9.17) is 17.3 Å². The molecule has 2 aromatic rings. The van der Waals surface area contributed by atoms with Gasteiger partial charge in [-0.2, -0.15) is 13.2 Å². The molecule has 5 nitrogen and oxygen atoms in total. The van der Waals surface area contributed by atoms with Crippen molar-refractivity contribution < 1.29 is 17.6 Å². The molecule has 0 aliphatic rings. The first kappa shape index (κ1) is 16.1. The lowest BCUT2D eigenvalue weighted by molar-refractivity contribution is -0.143. The standard InChI is InChI=1S/C12H8ClF4N3O2/c1-20-9(12(15,16)17)8(10(21)19-11(20)22)4-2-7(18)5(13)3-6(4)14/h2-3H,18H2,1H3,(H,19,21,22). The summed E-state index contributed by atoms with van der Waals surface area (Å²) < 4.78 is 53.7. The summed E-state index contributed by atoms with van der Waals surface area (Å²) in [6.07, 6.45) is -5.06. The minimum Gasteiger partial charge on any atom is -0.398 e. The van der Waals surface area contributed by atoms with E-state index < -0.39 is 40.1 Å². The Hall–Kier alpha value is -2.29. The summed E-state index contributed by atoms with van der Waals surface area (Å²) in [6.45, 7) is 0. The van der Waals surface area contributed by atoms with E-state index in [-0.39, 0.29) is 15.3 Å². The van der Waals surface area contributed by atoms with Gasteiger partial charge in [0.05, 0.1) is 16.3 Å². The third kappa shape index (κ3) is 2.59. The number of nitrogen functional groups attached to an aromatic ring is 1. The number of halogens is 5. The van der Waals surface area contributed by atoms with Gasteiger partial charge in [0.2, 0.25) is 0 Å². The second kappa shape index (κ2) is 5.16. The highest BCUT2D eigenvalue weighted by Crippen LogP contribution is 2.36. The number of hydrogen-bond donors (Lipinski definition) is 2. The monoisotopic (exact) mass is 337 g/mol. The van der Waals surface area contributed by atoms with Crippen LogP contribution in [0.25, 0.3) is 11.1 Å². The van der Waals surface area contributed by atoms with Crippen LogP contribution in [0.2, 0.25) is 5.02 Å². The average Bonchev–Trinajstić information content (AvgIpc) is 2.37. The molecule has 0 spiro atoms. The average molecular weight is 338 g/mol. The Labute approximate surface area is 124 Å². The fourth-order valence-corrected chi connectivity index (χ4v) is 2.11. The Bertz CT molecular complexity index is 870. The van der Waals surface area contributed by atoms with E-state index in [9.17, 15) is 27.2 Å². The van der Waals surface area contributed by atoms with Crippen LogP contribution in [-0.4, -0.2) is 9.55 Å². The van der Waals surface area contributed by atoms with Crippen LogP contribution in [0.5, 0.6) is 0 Å². The fraction of sp³-hybridized carbons (Fsp3) is 0.167. The second-order valence-corrected chi connectivity index (χ2v) is 4.80. The summed E-state index contributed by atoms with van der Waals surface area (Å²) in [6, 6.07) is 1.50. The van der Waals surface area contributed by atoms with Gasteiger partial charge < -0.3 is 5.73 Å². The normalized spacial score (nSPS) is 11.7. The van der Waals surface area contributed by atoms with E-state index in [0.717, 1.165) is 13.1 Å². The summed E-state index contributed by atoms with van der Waals surface area (Å²) in [4.78, 5) is 24.9. The minimum atomic E-state index is -5.06. The van der Waals surface area contributed by atoms with Crippen molar-refractivity contribution in [2.45, 2.75) is 6.18 Å². The number of aromatic nitrogens is 2. The van der Waals surface area contributed by atoms with Gasteiger partial charge in [-0.25, -0.2) is 9.18 Å². The summed E-state index contributed by atoms with van der Waals surface area (Å²) in [5.74, 6) is -1.17. The third-order valence-corrected chi connectivity index (χ3v) is 3.28. The molecule has 0 unspecified atom stereocenters. The molecule has 0 saturated carbocycles. The number of rotatable bonds is 1. The highest BCUT2D eigenvalue weighted by Gasteiger charge is 2.39. The van der Waals surface area contributed by atoms with Crippen LogP contribution in [0.15, 0.2) is 21.7 Å². The van der Waals surface area contributed by atoms with Gasteiger partial charge in [-0.15, -0.1) is 0 Å². The van der Waals surface area contributed by atoms with E-state index in [1.165, 1.54) is 0 Å². The van der Waals surface area contributed by atoms with Crippen molar-refractivity contribution in [3.63, 3.8) is 0 Å². The van der Waals surface area contributed by atoms with Gasteiger partial charge in [0.1, 0.15) is 11.5 Å². The first-order chi connectivity index (χ1) is 10.0. The van der Waals surface area contributed by atoms with Gasteiger partial charge in [0.25, 0.3) is 5.56 Å². The van der Waals surface area contributed by atoms with Gasteiger partial charge in [-0.05, 0) is 12.1 Å². The Morgan fingerprint density at radius 3 is 2.41 bits per heavy atom. The molecule has 0 saturated heterocycles. The van der Waals surface area contributed by atoms with Crippen molar-refractivity contribution in [3.05, 3.63) is 49.5 Å². The van der Waals surface area contributed by atoms with Crippen LogP contribution in [0.1, 0.15) is 5.69 Å². The van der Waals surface area contributed by atoms with Gasteiger partial charge in [-0.1, -0.05) is 11.6 Å². The van der Waals surface area contributed by atoms with Crippen molar-refractivity contribution in [1.29, 1.82) is 0 Å². The molecule has 0 amide bonds. The number of nitrogens with one attached hydrogen (secondary N) is 1. The number of H-pyrrole nitrogens is 1. The maximum atomic E-state index is 13.9. The largest absolute Gasteiger partial charge is 0.432 e. The molecule has 10 heteroatoms. The molecule has 0 aliphatic heterocycles. The van der Waals surface area contributed by atoms with E-state index in [0.29, 0.717) is 6.07 Å². The zero-order valence-corrected chi connectivity index (χ0v) is 11.6. The topological polar surface area (TPSA) is 80.9 Å². The molecule has 118 valence electrons. The zero-order chi connectivity index (χ0) is 16.8. The van der Waals surface area contributed by atoms with Gasteiger partial charge in [0.15, 0.2) is 0 Å². The van der Waals surface area contributed by atoms with Gasteiger partial charge >= 0.3 is 11.9 Å². The maximum absolute atomic E-state index is 13.9. The van der Waals surface area contributed by atoms with Crippen molar-refractivity contribution in [2.24, 2.45) is 7.05 Å². The second-order valence-electron chi connectivity index (χ2n) is 4.39. The van der Waals surface area contributed by atoms with E-state index in [2.05, 4.69) is 0 Å². The number of nitrogens with zero attached hydrogens (tertiary/aromatic N) is 1. The highest BCUT2D eigenvalue weighted by atomic mass is 35.5. The van der Waals surface area contributed by atoms with Crippen LogP contribution >= 0.6 is 11.6 Å². The molecule has 0 fully saturated rings. The van der Waals surface area contributed by atoms with Crippen LogP contribution in [0.4, 0.5) is 23.2 Å². The van der Waals surface area contributed by atoms with Crippen molar-refractivity contribution in [1.82, 2.24) is 9.55 Å². The molecule has 1 aromatic carbocycles. The van der Waals surface area contributed by atoms with Crippen LogP contribution < -0.4 is 17.0 Å². The van der Waals surface area contributed by atoms with Crippen molar-refractivity contribution in [2.75, 3.05) is 5.73 Å². The highest BCUT2D eigenvalue weighted by molar-refractivity contribution is 6.33. The van der Waals surface area contributed by atoms with Gasteiger partial charge in [-0.3, -0.25) is 14.3 Å². The lowest BCUT2D eigenvalue weighted by Crippen LogP contribution is -2.35. The third-order valence-electron chi connectivity index (χ3n) is 2.95. The summed E-state index contributed by atoms with van der Waals surface area (Å²) in [5, 5.41) is -0.212. The molecule has 3 N–H and O–H groups in total. The molecule has 22 heavy (non-hydrogen) atoms.